The number of rotatable bonds is 5. The lowest BCUT2D eigenvalue weighted by molar-refractivity contribution is 0.0929. The van der Waals surface area contributed by atoms with Crippen LogP contribution in [0.2, 0.25) is 0 Å². The molecule has 0 saturated heterocycles. The smallest absolute Gasteiger partial charge is 0.323 e. The first-order valence-corrected chi connectivity index (χ1v) is 5.31. The third-order valence-electron chi connectivity index (χ3n) is 2.22. The van der Waals surface area contributed by atoms with Crippen molar-refractivity contribution in [1.82, 2.24) is 15.3 Å². The molecule has 0 aliphatic carbocycles. The standard InChI is InChI=1S/C10H18N4O2/c1-6(2)3-7(4-11)13-9(15)8-5-12-10(16)14-8/h5-7H,3-4,11H2,1-2H3,(H,13,15)(H2,12,14,16). The van der Waals surface area contributed by atoms with Crippen molar-refractivity contribution in [3.8, 4) is 0 Å². The minimum absolute atomic E-state index is 0.0640. The number of H-pyrrole nitrogens is 2. The summed E-state index contributed by atoms with van der Waals surface area (Å²) in [6.45, 7) is 4.51. The van der Waals surface area contributed by atoms with Crippen molar-refractivity contribution in [2.24, 2.45) is 11.7 Å². The van der Waals surface area contributed by atoms with Crippen LogP contribution in [0.1, 0.15) is 30.8 Å². The third-order valence-corrected chi connectivity index (χ3v) is 2.22. The van der Waals surface area contributed by atoms with Crippen LogP contribution < -0.4 is 16.7 Å². The van der Waals surface area contributed by atoms with Crippen LogP contribution in [0.15, 0.2) is 11.0 Å². The molecular formula is C10H18N4O2. The van der Waals surface area contributed by atoms with E-state index in [0.29, 0.717) is 12.5 Å². The van der Waals surface area contributed by atoms with Crippen LogP contribution in [0.25, 0.3) is 0 Å². The van der Waals surface area contributed by atoms with Gasteiger partial charge in [0, 0.05) is 18.8 Å². The monoisotopic (exact) mass is 226 g/mol. The number of carbonyl (C=O) groups is 1. The number of aromatic amines is 2. The Morgan fingerprint density at radius 2 is 2.25 bits per heavy atom. The number of hydrogen-bond acceptors (Lipinski definition) is 3. The van der Waals surface area contributed by atoms with Crippen LogP contribution in [-0.4, -0.2) is 28.5 Å². The number of nitrogens with one attached hydrogen (secondary N) is 3. The molecule has 0 fully saturated rings. The molecule has 1 aromatic rings. The molecule has 6 nitrogen and oxygen atoms in total. The van der Waals surface area contributed by atoms with Crippen LogP contribution in [0, 0.1) is 5.92 Å². The largest absolute Gasteiger partial charge is 0.347 e. The molecule has 0 aromatic carbocycles. The van der Waals surface area contributed by atoms with Gasteiger partial charge in [-0.05, 0) is 12.3 Å². The number of aromatic nitrogens is 2. The maximum atomic E-state index is 11.7. The van der Waals surface area contributed by atoms with Crippen molar-refractivity contribution in [2.45, 2.75) is 26.3 Å². The van der Waals surface area contributed by atoms with E-state index in [1.807, 2.05) is 0 Å². The molecule has 0 saturated carbocycles. The second kappa shape index (κ2) is 5.50. The normalized spacial score (nSPS) is 12.8. The lowest BCUT2D eigenvalue weighted by Gasteiger charge is -2.18. The molecule has 0 bridgehead atoms. The van der Waals surface area contributed by atoms with E-state index in [2.05, 4.69) is 29.1 Å². The van der Waals surface area contributed by atoms with Gasteiger partial charge in [0.15, 0.2) is 0 Å². The molecule has 1 heterocycles. The molecule has 6 heteroatoms. The summed E-state index contributed by atoms with van der Waals surface area (Å²) in [5.41, 5.74) is 5.40. The van der Waals surface area contributed by atoms with Crippen LogP contribution in [0.3, 0.4) is 0 Å². The Morgan fingerprint density at radius 1 is 1.56 bits per heavy atom. The molecule has 0 aliphatic rings. The predicted molar refractivity (Wildman–Crippen MR) is 61.2 cm³/mol. The number of hydrogen-bond donors (Lipinski definition) is 4. The third kappa shape index (κ3) is 3.54. The van der Waals surface area contributed by atoms with Crippen molar-refractivity contribution < 1.29 is 4.79 Å². The Morgan fingerprint density at radius 3 is 2.69 bits per heavy atom. The summed E-state index contributed by atoms with van der Waals surface area (Å²) >= 11 is 0. The van der Waals surface area contributed by atoms with E-state index in [4.69, 9.17) is 5.73 Å². The Labute approximate surface area is 93.6 Å². The van der Waals surface area contributed by atoms with Gasteiger partial charge in [-0.3, -0.25) is 4.79 Å². The molecule has 0 spiro atoms. The van der Waals surface area contributed by atoms with Gasteiger partial charge in [0.05, 0.1) is 0 Å². The molecule has 1 atom stereocenters. The number of nitrogens with two attached hydrogens (primary N) is 1. The summed E-state index contributed by atoms with van der Waals surface area (Å²) in [5.74, 6) is 0.147. The number of amides is 1. The molecule has 90 valence electrons. The van der Waals surface area contributed by atoms with E-state index in [-0.39, 0.29) is 17.6 Å². The topological polar surface area (TPSA) is 104 Å². The van der Waals surface area contributed by atoms with Gasteiger partial charge in [-0.25, -0.2) is 4.79 Å². The fourth-order valence-corrected chi connectivity index (χ4v) is 1.50. The highest BCUT2D eigenvalue weighted by Crippen LogP contribution is 2.04. The van der Waals surface area contributed by atoms with Gasteiger partial charge in [0.2, 0.25) is 0 Å². The van der Waals surface area contributed by atoms with Gasteiger partial charge in [0.25, 0.3) is 5.91 Å². The number of imidazole rings is 1. The molecule has 5 N–H and O–H groups in total. The minimum Gasteiger partial charge on any atom is -0.347 e. The Hall–Kier alpha value is -1.56. The Bertz CT molecular complexity index is 394. The molecule has 0 radical (unpaired) electrons. The van der Waals surface area contributed by atoms with Crippen molar-refractivity contribution in [3.05, 3.63) is 22.4 Å². The second-order valence-electron chi connectivity index (χ2n) is 4.19. The lowest BCUT2D eigenvalue weighted by atomic mass is 10.0. The fraction of sp³-hybridized carbons (Fsp3) is 0.600. The summed E-state index contributed by atoms with van der Waals surface area (Å²) in [6, 6.07) is -0.0640. The quantitative estimate of drug-likeness (QED) is 0.559. The van der Waals surface area contributed by atoms with Gasteiger partial charge in [-0.15, -0.1) is 0 Å². The van der Waals surface area contributed by atoms with E-state index < -0.39 is 5.69 Å². The summed E-state index contributed by atoms with van der Waals surface area (Å²) < 4.78 is 0. The van der Waals surface area contributed by atoms with Gasteiger partial charge < -0.3 is 21.0 Å². The predicted octanol–water partition coefficient (Wildman–Crippen LogP) is -0.194. The first-order valence-electron chi connectivity index (χ1n) is 5.31. The zero-order valence-corrected chi connectivity index (χ0v) is 9.54. The molecule has 1 aromatic heterocycles. The number of carbonyl (C=O) groups excluding carboxylic acids is 1. The summed E-state index contributed by atoms with van der Waals surface area (Å²) in [6.07, 6.45) is 2.16. The zero-order chi connectivity index (χ0) is 12.1. The van der Waals surface area contributed by atoms with Crippen LogP contribution in [-0.2, 0) is 0 Å². The SMILES string of the molecule is CC(C)CC(CN)NC(=O)c1c[nH]c(=O)[nH]1. The van der Waals surface area contributed by atoms with Gasteiger partial charge >= 0.3 is 5.69 Å². The van der Waals surface area contributed by atoms with Crippen LogP contribution in [0.4, 0.5) is 0 Å². The molecular weight excluding hydrogens is 208 g/mol. The highest BCUT2D eigenvalue weighted by Gasteiger charge is 2.14. The fourth-order valence-electron chi connectivity index (χ4n) is 1.50. The van der Waals surface area contributed by atoms with E-state index in [9.17, 15) is 9.59 Å². The summed E-state index contributed by atoms with van der Waals surface area (Å²) in [7, 11) is 0. The average molecular weight is 226 g/mol. The molecule has 1 amide bonds. The maximum Gasteiger partial charge on any atom is 0.323 e. The van der Waals surface area contributed by atoms with Crippen molar-refractivity contribution >= 4 is 5.91 Å². The van der Waals surface area contributed by atoms with Crippen molar-refractivity contribution in [1.29, 1.82) is 0 Å². The highest BCUT2D eigenvalue weighted by molar-refractivity contribution is 5.92. The van der Waals surface area contributed by atoms with Gasteiger partial charge in [-0.1, -0.05) is 13.8 Å². The van der Waals surface area contributed by atoms with E-state index >= 15 is 0 Å². The van der Waals surface area contributed by atoms with Crippen LogP contribution in [0.5, 0.6) is 0 Å². The molecule has 1 unspecified atom stereocenters. The summed E-state index contributed by atoms with van der Waals surface area (Å²) in [4.78, 5) is 27.2. The van der Waals surface area contributed by atoms with Gasteiger partial charge in [0.1, 0.15) is 5.69 Å². The minimum atomic E-state index is -0.390. The van der Waals surface area contributed by atoms with E-state index in [1.165, 1.54) is 6.20 Å². The van der Waals surface area contributed by atoms with E-state index in [0.717, 1.165) is 6.42 Å². The first kappa shape index (κ1) is 12.5. The molecule has 0 aliphatic heterocycles. The zero-order valence-electron chi connectivity index (χ0n) is 9.54. The van der Waals surface area contributed by atoms with Gasteiger partial charge in [-0.2, -0.15) is 0 Å². The van der Waals surface area contributed by atoms with E-state index in [1.54, 1.807) is 0 Å². The Balaban J connectivity index is 2.58. The van der Waals surface area contributed by atoms with Crippen LogP contribution >= 0.6 is 0 Å². The first-order chi connectivity index (χ1) is 7.52. The summed E-state index contributed by atoms with van der Waals surface area (Å²) in [5, 5.41) is 2.77. The average Bonchev–Trinajstić information content (AvgIpc) is 2.63. The molecule has 1 rings (SSSR count). The maximum absolute atomic E-state index is 11.7. The lowest BCUT2D eigenvalue weighted by Crippen LogP contribution is -2.41. The van der Waals surface area contributed by atoms with Crippen molar-refractivity contribution in [3.63, 3.8) is 0 Å². The second-order valence-corrected chi connectivity index (χ2v) is 4.19. The molecule has 16 heavy (non-hydrogen) atoms. The van der Waals surface area contributed by atoms with Crippen molar-refractivity contribution in [2.75, 3.05) is 6.54 Å². The highest BCUT2D eigenvalue weighted by atomic mass is 16.2. The Kier molecular flexibility index (Phi) is 4.30.